The minimum atomic E-state index is -0.695. The molecule has 3 aromatic rings. The topological polar surface area (TPSA) is 97.0 Å². The van der Waals surface area contributed by atoms with Crippen LogP contribution in [-0.4, -0.2) is 31.9 Å². The second-order valence-corrected chi connectivity index (χ2v) is 8.07. The van der Waals surface area contributed by atoms with Gasteiger partial charge in [-0.3, -0.25) is 14.4 Å². The van der Waals surface area contributed by atoms with Crippen molar-refractivity contribution in [1.29, 1.82) is 0 Å². The summed E-state index contributed by atoms with van der Waals surface area (Å²) in [6.07, 6.45) is 0. The van der Waals surface area contributed by atoms with Gasteiger partial charge in [-0.2, -0.15) is 0 Å². The Labute approximate surface area is 207 Å². The van der Waals surface area contributed by atoms with Gasteiger partial charge in [-0.25, -0.2) is 4.90 Å². The predicted octanol–water partition coefficient (Wildman–Crippen LogP) is 4.70. The fraction of sp³-hybridized carbons (Fsp3) is 0.115. The Balaban J connectivity index is 1.51. The van der Waals surface area contributed by atoms with Crippen molar-refractivity contribution in [2.24, 2.45) is 0 Å². The number of imide groups is 1. The van der Waals surface area contributed by atoms with Crippen LogP contribution in [0.5, 0.6) is 11.5 Å². The largest absolute Gasteiger partial charge is 0.497 e. The van der Waals surface area contributed by atoms with E-state index in [1.807, 2.05) is 31.2 Å². The number of carbonyl (C=O) groups excluding carboxylic acids is 3. The number of ether oxygens (including phenoxy) is 2. The van der Waals surface area contributed by atoms with E-state index in [1.54, 1.807) is 36.4 Å². The molecule has 0 fully saturated rings. The van der Waals surface area contributed by atoms with Gasteiger partial charge in [-0.15, -0.1) is 0 Å². The van der Waals surface area contributed by atoms with E-state index in [1.165, 1.54) is 20.3 Å². The first-order chi connectivity index (χ1) is 16.8. The lowest BCUT2D eigenvalue weighted by Gasteiger charge is -2.19. The second kappa shape index (κ2) is 9.90. The molecule has 178 valence electrons. The molecule has 0 saturated heterocycles. The van der Waals surface area contributed by atoms with Crippen LogP contribution in [0.1, 0.15) is 15.9 Å². The number of nitrogens with one attached hydrogen (secondary N) is 2. The van der Waals surface area contributed by atoms with Gasteiger partial charge >= 0.3 is 0 Å². The summed E-state index contributed by atoms with van der Waals surface area (Å²) in [5, 5.41) is 5.45. The summed E-state index contributed by atoms with van der Waals surface area (Å²) in [5.74, 6) is -0.866. The first-order valence-corrected chi connectivity index (χ1v) is 11.0. The lowest BCUT2D eigenvalue weighted by atomic mass is 10.1. The minimum Gasteiger partial charge on any atom is -0.497 e. The number of nitrogens with zero attached hydrogens (tertiary/aromatic N) is 1. The summed E-state index contributed by atoms with van der Waals surface area (Å²) in [6, 6.07) is 18.7. The normalized spacial score (nSPS) is 13.2. The van der Waals surface area contributed by atoms with Crippen LogP contribution in [-0.2, 0) is 9.59 Å². The van der Waals surface area contributed by atoms with Crippen molar-refractivity contribution in [1.82, 2.24) is 0 Å². The van der Waals surface area contributed by atoms with Crippen LogP contribution in [0.4, 0.5) is 17.1 Å². The lowest BCUT2D eigenvalue weighted by molar-refractivity contribution is -0.120. The summed E-state index contributed by atoms with van der Waals surface area (Å²) in [7, 11) is 2.91. The molecule has 0 unspecified atom stereocenters. The molecule has 2 N–H and O–H groups in total. The molecule has 0 bridgehead atoms. The highest BCUT2D eigenvalue weighted by molar-refractivity contribution is 6.53. The Bertz CT molecular complexity index is 1330. The average molecular weight is 492 g/mol. The summed E-state index contributed by atoms with van der Waals surface area (Å²) in [4.78, 5) is 39.4. The number of methoxy groups -OCH3 is 2. The molecule has 1 heterocycles. The first kappa shape index (κ1) is 23.8. The smallest absolute Gasteiger partial charge is 0.283 e. The molecule has 9 heteroatoms. The van der Waals surface area contributed by atoms with Crippen LogP contribution in [0.3, 0.4) is 0 Å². The molecule has 3 aromatic carbocycles. The van der Waals surface area contributed by atoms with Gasteiger partial charge in [0.25, 0.3) is 17.7 Å². The van der Waals surface area contributed by atoms with E-state index in [9.17, 15) is 14.4 Å². The number of rotatable bonds is 7. The van der Waals surface area contributed by atoms with Crippen molar-refractivity contribution < 1.29 is 23.9 Å². The van der Waals surface area contributed by atoms with E-state index in [0.29, 0.717) is 28.4 Å². The molecule has 0 spiro atoms. The molecule has 8 nitrogen and oxygen atoms in total. The molecule has 0 saturated carbocycles. The third kappa shape index (κ3) is 4.83. The van der Waals surface area contributed by atoms with Crippen molar-refractivity contribution in [2.45, 2.75) is 6.92 Å². The van der Waals surface area contributed by atoms with Crippen molar-refractivity contribution in [2.75, 3.05) is 29.8 Å². The highest BCUT2D eigenvalue weighted by atomic mass is 35.5. The third-order valence-corrected chi connectivity index (χ3v) is 5.73. The van der Waals surface area contributed by atoms with Crippen LogP contribution >= 0.6 is 11.6 Å². The average Bonchev–Trinajstić information content (AvgIpc) is 3.08. The second-order valence-electron chi connectivity index (χ2n) is 7.69. The number of hydrogen-bond acceptors (Lipinski definition) is 6. The van der Waals surface area contributed by atoms with Crippen molar-refractivity contribution in [3.63, 3.8) is 0 Å². The van der Waals surface area contributed by atoms with E-state index >= 15 is 0 Å². The van der Waals surface area contributed by atoms with Crippen molar-refractivity contribution in [3.05, 3.63) is 88.6 Å². The number of anilines is 3. The maximum atomic E-state index is 13.1. The Morgan fingerprint density at radius 1 is 0.857 bits per heavy atom. The fourth-order valence-corrected chi connectivity index (χ4v) is 3.70. The highest BCUT2D eigenvalue weighted by Gasteiger charge is 2.40. The molecule has 0 aromatic heterocycles. The SMILES string of the molecule is COc1ccc(OC)c(N2C(=O)C(Cl)=C(Nc3ccc(C(=O)Nc4ccc(C)cc4)cc3)C2=O)c1. The molecular formula is C26H22ClN3O5. The summed E-state index contributed by atoms with van der Waals surface area (Å²) < 4.78 is 10.5. The zero-order chi connectivity index (χ0) is 25.1. The van der Waals surface area contributed by atoms with Gasteiger partial charge < -0.3 is 20.1 Å². The summed E-state index contributed by atoms with van der Waals surface area (Å²) in [6.45, 7) is 1.97. The van der Waals surface area contributed by atoms with E-state index < -0.39 is 11.8 Å². The molecule has 0 atom stereocenters. The van der Waals surface area contributed by atoms with Gasteiger partial charge in [0.15, 0.2) is 0 Å². The van der Waals surface area contributed by atoms with E-state index in [2.05, 4.69) is 10.6 Å². The first-order valence-electron chi connectivity index (χ1n) is 10.6. The number of benzene rings is 3. The maximum absolute atomic E-state index is 13.1. The van der Waals surface area contributed by atoms with Crippen LogP contribution in [0.2, 0.25) is 0 Å². The van der Waals surface area contributed by atoms with Gasteiger partial charge in [-0.1, -0.05) is 29.3 Å². The van der Waals surface area contributed by atoms with Crippen molar-refractivity contribution >= 4 is 46.4 Å². The summed E-state index contributed by atoms with van der Waals surface area (Å²) in [5.41, 5.74) is 2.80. The van der Waals surface area contributed by atoms with Gasteiger partial charge in [0, 0.05) is 23.0 Å². The molecular weight excluding hydrogens is 470 g/mol. The molecule has 1 aliphatic heterocycles. The molecule has 1 aliphatic rings. The van der Waals surface area contributed by atoms with E-state index in [0.717, 1.165) is 10.5 Å². The number of carbonyl (C=O) groups is 3. The quantitative estimate of drug-likeness (QED) is 0.465. The number of amides is 3. The van der Waals surface area contributed by atoms with Gasteiger partial charge in [-0.05, 0) is 55.5 Å². The lowest BCUT2D eigenvalue weighted by Crippen LogP contribution is -2.32. The molecule has 4 rings (SSSR count). The summed E-state index contributed by atoms with van der Waals surface area (Å²) >= 11 is 6.24. The van der Waals surface area contributed by atoms with Gasteiger partial charge in [0.2, 0.25) is 0 Å². The predicted molar refractivity (Wildman–Crippen MR) is 134 cm³/mol. The fourth-order valence-electron chi connectivity index (χ4n) is 3.49. The minimum absolute atomic E-state index is 0.0848. The number of halogens is 1. The van der Waals surface area contributed by atoms with E-state index in [4.69, 9.17) is 21.1 Å². The highest BCUT2D eigenvalue weighted by Crippen LogP contribution is 2.37. The van der Waals surface area contributed by atoms with Crippen LogP contribution in [0.25, 0.3) is 0 Å². The van der Waals surface area contributed by atoms with Crippen LogP contribution in [0, 0.1) is 6.92 Å². The zero-order valence-corrected chi connectivity index (χ0v) is 20.0. The zero-order valence-electron chi connectivity index (χ0n) is 19.2. The van der Waals surface area contributed by atoms with Crippen LogP contribution in [0.15, 0.2) is 77.5 Å². The number of aryl methyl sites for hydroxylation is 1. The Morgan fingerprint density at radius 2 is 1.51 bits per heavy atom. The monoisotopic (exact) mass is 491 g/mol. The van der Waals surface area contributed by atoms with Crippen molar-refractivity contribution in [3.8, 4) is 11.5 Å². The molecule has 0 aliphatic carbocycles. The Hall–Kier alpha value is -4.30. The maximum Gasteiger partial charge on any atom is 0.283 e. The standard InChI is InChI=1S/C26H22ClN3O5/c1-15-4-8-18(9-5-15)29-24(31)16-6-10-17(11-7-16)28-23-22(27)25(32)30(26(23)33)20-14-19(34-2)12-13-21(20)35-3/h4-14,28H,1-3H3,(H,29,31). The number of hydrogen-bond donors (Lipinski definition) is 2. The third-order valence-electron chi connectivity index (χ3n) is 5.38. The van der Waals surface area contributed by atoms with Gasteiger partial charge in [0.1, 0.15) is 22.2 Å². The Kier molecular flexibility index (Phi) is 6.75. The Morgan fingerprint density at radius 3 is 2.14 bits per heavy atom. The molecule has 0 radical (unpaired) electrons. The van der Waals surface area contributed by atoms with Gasteiger partial charge in [0.05, 0.1) is 19.9 Å². The van der Waals surface area contributed by atoms with Crippen LogP contribution < -0.4 is 25.0 Å². The molecule has 35 heavy (non-hydrogen) atoms. The molecule has 3 amide bonds. The van der Waals surface area contributed by atoms with E-state index in [-0.39, 0.29) is 22.3 Å².